The maximum Gasteiger partial charge on any atom is 0.223 e. The highest BCUT2D eigenvalue weighted by Gasteiger charge is 2.28. The van der Waals surface area contributed by atoms with E-state index in [2.05, 4.69) is 22.9 Å². The van der Waals surface area contributed by atoms with E-state index < -0.39 is 0 Å². The normalized spacial score (nSPS) is 17.6. The number of carbonyl (C=O) groups excluding carboxylic acids is 1. The average molecular weight is 359 g/mol. The van der Waals surface area contributed by atoms with Gasteiger partial charge in [-0.2, -0.15) is 0 Å². The number of benzene rings is 1. The Labute approximate surface area is 153 Å². The Balaban J connectivity index is 1.59. The van der Waals surface area contributed by atoms with Crippen molar-refractivity contribution in [3.8, 4) is 5.75 Å². The van der Waals surface area contributed by atoms with Crippen LogP contribution in [-0.4, -0.2) is 48.6 Å². The maximum absolute atomic E-state index is 12.6. The van der Waals surface area contributed by atoms with E-state index in [-0.39, 0.29) is 11.9 Å². The number of ether oxygens (including phenoxy) is 1. The molecule has 0 radical (unpaired) electrons. The Kier molecular flexibility index (Phi) is 5.58. The second-order valence-electron chi connectivity index (χ2n) is 6.41. The van der Waals surface area contributed by atoms with Crippen molar-refractivity contribution >= 4 is 22.9 Å². The van der Waals surface area contributed by atoms with Crippen molar-refractivity contribution in [2.75, 3.05) is 31.6 Å². The Morgan fingerprint density at radius 3 is 2.84 bits per heavy atom. The Morgan fingerprint density at radius 1 is 1.36 bits per heavy atom. The molecule has 1 aromatic carbocycles. The number of methoxy groups -OCH3 is 1. The Hall–Kier alpha value is -2.08. The van der Waals surface area contributed by atoms with Crippen LogP contribution in [0.5, 0.6) is 5.75 Å². The first-order chi connectivity index (χ1) is 12.1. The van der Waals surface area contributed by atoms with Gasteiger partial charge in [-0.3, -0.25) is 4.79 Å². The average Bonchev–Trinajstić information content (AvgIpc) is 3.04. The third-order valence-electron chi connectivity index (χ3n) is 4.78. The highest BCUT2D eigenvalue weighted by atomic mass is 32.1. The number of hydrogen-bond donors (Lipinski definition) is 0. The number of para-hydroxylation sites is 2. The van der Waals surface area contributed by atoms with Crippen molar-refractivity contribution < 1.29 is 9.53 Å². The fraction of sp³-hybridized carbons (Fsp3) is 0.474. The summed E-state index contributed by atoms with van der Waals surface area (Å²) in [6.45, 7) is 6.53. The molecule has 6 heteroatoms. The van der Waals surface area contributed by atoms with E-state index in [1.165, 1.54) is 4.88 Å². The Bertz CT molecular complexity index is 731. The zero-order valence-electron chi connectivity index (χ0n) is 15.1. The molecule has 0 aliphatic carbocycles. The molecule has 25 heavy (non-hydrogen) atoms. The van der Waals surface area contributed by atoms with Crippen molar-refractivity contribution in [1.82, 2.24) is 9.88 Å². The molecule has 2 aromatic rings. The first-order valence-corrected chi connectivity index (χ1v) is 9.54. The van der Waals surface area contributed by atoms with Gasteiger partial charge in [-0.15, -0.1) is 11.3 Å². The van der Waals surface area contributed by atoms with Crippen LogP contribution in [0.3, 0.4) is 0 Å². The van der Waals surface area contributed by atoms with Crippen LogP contribution in [0.1, 0.15) is 23.9 Å². The van der Waals surface area contributed by atoms with Gasteiger partial charge >= 0.3 is 0 Å². The summed E-state index contributed by atoms with van der Waals surface area (Å²) in [5, 5.41) is 0. The topological polar surface area (TPSA) is 45.7 Å². The lowest BCUT2D eigenvalue weighted by molar-refractivity contribution is -0.133. The van der Waals surface area contributed by atoms with Gasteiger partial charge in [-0.25, -0.2) is 4.98 Å². The van der Waals surface area contributed by atoms with Gasteiger partial charge in [-0.1, -0.05) is 12.1 Å². The number of piperazine rings is 1. The van der Waals surface area contributed by atoms with Crippen LogP contribution in [0.15, 0.2) is 29.8 Å². The molecule has 1 atom stereocenters. The minimum Gasteiger partial charge on any atom is -0.495 e. The number of hydrogen-bond acceptors (Lipinski definition) is 5. The largest absolute Gasteiger partial charge is 0.495 e. The van der Waals surface area contributed by atoms with Gasteiger partial charge in [0.05, 0.1) is 24.0 Å². The molecule has 1 aliphatic rings. The molecule has 0 unspecified atom stereocenters. The number of amides is 1. The zero-order chi connectivity index (χ0) is 17.8. The summed E-state index contributed by atoms with van der Waals surface area (Å²) in [6.07, 6.45) is 1.34. The van der Waals surface area contributed by atoms with Crippen molar-refractivity contribution in [3.63, 3.8) is 0 Å². The second-order valence-corrected chi connectivity index (χ2v) is 7.35. The lowest BCUT2D eigenvalue weighted by Crippen LogP contribution is -2.54. The van der Waals surface area contributed by atoms with Gasteiger partial charge < -0.3 is 14.5 Å². The number of rotatable bonds is 5. The molecule has 0 N–H and O–H groups in total. The maximum atomic E-state index is 12.6. The van der Waals surface area contributed by atoms with Crippen molar-refractivity contribution in [2.24, 2.45) is 0 Å². The fourth-order valence-corrected chi connectivity index (χ4v) is 4.15. The fourth-order valence-electron chi connectivity index (χ4n) is 3.37. The minimum atomic E-state index is 0.189. The molecular formula is C19H25N3O2S. The first kappa shape index (κ1) is 17.7. The number of aromatic nitrogens is 1. The molecule has 1 amide bonds. The lowest BCUT2D eigenvalue weighted by Gasteiger charge is -2.41. The number of aryl methyl sites for hydroxylation is 2. The van der Waals surface area contributed by atoms with E-state index in [1.54, 1.807) is 18.4 Å². The summed E-state index contributed by atoms with van der Waals surface area (Å²) in [5.74, 6) is 1.12. The third kappa shape index (κ3) is 3.95. The van der Waals surface area contributed by atoms with Gasteiger partial charge in [0, 0.05) is 37.0 Å². The summed E-state index contributed by atoms with van der Waals surface area (Å²) in [4.78, 5) is 22.4. The molecule has 3 rings (SSSR count). The van der Waals surface area contributed by atoms with Gasteiger partial charge in [-0.05, 0) is 32.4 Å². The van der Waals surface area contributed by atoms with Gasteiger partial charge in [0.25, 0.3) is 0 Å². The zero-order valence-corrected chi connectivity index (χ0v) is 15.9. The predicted molar refractivity (Wildman–Crippen MR) is 102 cm³/mol. The van der Waals surface area contributed by atoms with Crippen LogP contribution in [0.2, 0.25) is 0 Å². The predicted octanol–water partition coefficient (Wildman–Crippen LogP) is 3.13. The summed E-state index contributed by atoms with van der Waals surface area (Å²) < 4.78 is 5.47. The number of nitrogens with zero attached hydrogens (tertiary/aromatic N) is 3. The van der Waals surface area contributed by atoms with Crippen molar-refractivity contribution in [3.05, 3.63) is 40.3 Å². The molecule has 0 bridgehead atoms. The molecule has 0 saturated carbocycles. The Morgan fingerprint density at radius 2 is 2.16 bits per heavy atom. The highest BCUT2D eigenvalue weighted by Crippen LogP contribution is 2.29. The van der Waals surface area contributed by atoms with Gasteiger partial charge in [0.1, 0.15) is 5.75 Å². The van der Waals surface area contributed by atoms with Crippen LogP contribution in [0.25, 0.3) is 0 Å². The van der Waals surface area contributed by atoms with Gasteiger partial charge in [0.15, 0.2) is 0 Å². The standard InChI is InChI=1S/C19H25N3O2S/c1-14-12-21(16-6-4-5-7-17(16)24-3)10-11-22(14)19(23)9-8-18-15(2)20-13-25-18/h4-7,13-14H,8-12H2,1-3H3/t14-/m1/s1. The van der Waals surface area contributed by atoms with Crippen LogP contribution >= 0.6 is 11.3 Å². The lowest BCUT2D eigenvalue weighted by atomic mass is 10.1. The van der Waals surface area contributed by atoms with E-state index in [0.29, 0.717) is 6.42 Å². The van der Waals surface area contributed by atoms with Crippen molar-refractivity contribution in [1.29, 1.82) is 0 Å². The van der Waals surface area contributed by atoms with E-state index in [1.807, 2.05) is 35.5 Å². The monoisotopic (exact) mass is 359 g/mol. The summed E-state index contributed by atoms with van der Waals surface area (Å²) in [6, 6.07) is 8.25. The summed E-state index contributed by atoms with van der Waals surface area (Å²) in [5.41, 5.74) is 4.00. The molecule has 1 aliphatic heterocycles. The summed E-state index contributed by atoms with van der Waals surface area (Å²) in [7, 11) is 1.70. The highest BCUT2D eigenvalue weighted by molar-refractivity contribution is 7.09. The van der Waals surface area contributed by atoms with Crippen molar-refractivity contribution in [2.45, 2.75) is 32.7 Å². The molecule has 2 heterocycles. The number of anilines is 1. The van der Waals surface area contributed by atoms with E-state index in [4.69, 9.17) is 4.74 Å². The quantitative estimate of drug-likeness (QED) is 0.823. The minimum absolute atomic E-state index is 0.189. The van der Waals surface area contributed by atoms with Gasteiger partial charge in [0.2, 0.25) is 5.91 Å². The van der Waals surface area contributed by atoms with E-state index in [9.17, 15) is 4.79 Å². The molecule has 1 aromatic heterocycles. The molecule has 1 fully saturated rings. The second kappa shape index (κ2) is 7.87. The molecular weight excluding hydrogens is 334 g/mol. The molecule has 5 nitrogen and oxygen atoms in total. The third-order valence-corrected chi connectivity index (χ3v) is 5.78. The number of carbonyl (C=O) groups is 1. The number of thiazole rings is 1. The summed E-state index contributed by atoms with van der Waals surface area (Å²) >= 11 is 1.64. The smallest absolute Gasteiger partial charge is 0.223 e. The molecule has 0 spiro atoms. The molecule has 1 saturated heterocycles. The van der Waals surface area contributed by atoms with Crippen LogP contribution < -0.4 is 9.64 Å². The van der Waals surface area contributed by atoms with Crippen LogP contribution in [0.4, 0.5) is 5.69 Å². The SMILES string of the molecule is COc1ccccc1N1CCN(C(=O)CCc2scnc2C)[C@H](C)C1. The molecule has 134 valence electrons. The first-order valence-electron chi connectivity index (χ1n) is 8.66. The van der Waals surface area contributed by atoms with Crippen LogP contribution in [-0.2, 0) is 11.2 Å². The van der Waals surface area contributed by atoms with E-state index >= 15 is 0 Å². The van der Waals surface area contributed by atoms with Crippen LogP contribution in [0, 0.1) is 6.92 Å². The van der Waals surface area contributed by atoms with E-state index in [0.717, 1.165) is 43.2 Å².